The van der Waals surface area contributed by atoms with Gasteiger partial charge in [-0.25, -0.2) is 4.68 Å². The molecule has 0 saturated carbocycles. The lowest BCUT2D eigenvalue weighted by Crippen LogP contribution is -2.31. The molecule has 2 aromatic heterocycles. The number of aromatic nitrogens is 3. The van der Waals surface area contributed by atoms with Gasteiger partial charge in [0.15, 0.2) is 0 Å². The molecule has 0 aromatic carbocycles. The molecule has 1 amide bonds. The van der Waals surface area contributed by atoms with E-state index in [1.165, 1.54) is 6.33 Å². The van der Waals surface area contributed by atoms with E-state index in [4.69, 9.17) is 10.2 Å². The van der Waals surface area contributed by atoms with Crippen molar-refractivity contribution in [2.24, 2.45) is 5.73 Å². The van der Waals surface area contributed by atoms with Gasteiger partial charge < -0.3 is 15.5 Å². The standard InChI is InChI=1S/C11H11N5O2/c1-6-8(10(12)17)9(7-3-2-4-18-7)16-11(15-6)13-5-14-16/h2-5,9H,1H3,(H2,12,17)(H,13,14,15)/t9-/m1/s1. The Balaban J connectivity index is 2.21. The van der Waals surface area contributed by atoms with Gasteiger partial charge >= 0.3 is 0 Å². The highest BCUT2D eigenvalue weighted by Gasteiger charge is 2.33. The first-order chi connectivity index (χ1) is 8.68. The first-order valence-corrected chi connectivity index (χ1v) is 5.39. The van der Waals surface area contributed by atoms with E-state index in [0.29, 0.717) is 23.0 Å². The number of allylic oxidation sites excluding steroid dienone is 1. The van der Waals surface area contributed by atoms with Crippen LogP contribution in [-0.4, -0.2) is 20.7 Å². The van der Waals surface area contributed by atoms with Gasteiger partial charge in [-0.3, -0.25) is 4.79 Å². The maximum absolute atomic E-state index is 11.6. The molecule has 18 heavy (non-hydrogen) atoms. The number of hydrogen-bond donors (Lipinski definition) is 2. The molecular formula is C11H11N5O2. The molecule has 2 aromatic rings. The number of hydrogen-bond acceptors (Lipinski definition) is 5. The van der Waals surface area contributed by atoms with Crippen molar-refractivity contribution >= 4 is 11.9 Å². The van der Waals surface area contributed by atoms with Crippen LogP contribution >= 0.6 is 0 Å². The van der Waals surface area contributed by atoms with E-state index in [2.05, 4.69) is 15.4 Å². The molecule has 7 nitrogen and oxygen atoms in total. The molecule has 7 heteroatoms. The van der Waals surface area contributed by atoms with E-state index in [9.17, 15) is 4.79 Å². The molecule has 3 rings (SSSR count). The average molecular weight is 245 g/mol. The van der Waals surface area contributed by atoms with E-state index in [1.54, 1.807) is 30.0 Å². The predicted molar refractivity (Wildman–Crippen MR) is 62.4 cm³/mol. The molecule has 0 radical (unpaired) electrons. The summed E-state index contributed by atoms with van der Waals surface area (Å²) in [7, 11) is 0. The van der Waals surface area contributed by atoms with Crippen LogP contribution in [0.3, 0.4) is 0 Å². The van der Waals surface area contributed by atoms with Gasteiger partial charge in [-0.1, -0.05) is 0 Å². The third-order valence-corrected chi connectivity index (χ3v) is 2.87. The van der Waals surface area contributed by atoms with Crippen molar-refractivity contribution in [2.45, 2.75) is 13.0 Å². The minimum atomic E-state index is -0.512. The van der Waals surface area contributed by atoms with Crippen molar-refractivity contribution in [3.05, 3.63) is 41.8 Å². The van der Waals surface area contributed by atoms with Crippen LogP contribution in [-0.2, 0) is 4.79 Å². The molecule has 1 atom stereocenters. The molecule has 92 valence electrons. The lowest BCUT2D eigenvalue weighted by Gasteiger charge is -2.25. The van der Waals surface area contributed by atoms with Gasteiger partial charge in [0.25, 0.3) is 0 Å². The van der Waals surface area contributed by atoms with Crippen molar-refractivity contribution in [2.75, 3.05) is 5.32 Å². The average Bonchev–Trinajstić information content (AvgIpc) is 2.96. The summed E-state index contributed by atoms with van der Waals surface area (Å²) in [6.45, 7) is 1.77. The minimum Gasteiger partial charge on any atom is -0.467 e. The number of fused-ring (bicyclic) bond motifs is 1. The van der Waals surface area contributed by atoms with Gasteiger partial charge in [-0.15, -0.1) is 0 Å². The van der Waals surface area contributed by atoms with Gasteiger partial charge in [-0.05, 0) is 19.1 Å². The minimum absolute atomic E-state index is 0.419. The normalized spacial score (nSPS) is 18.4. The molecule has 3 N–H and O–H groups in total. The third-order valence-electron chi connectivity index (χ3n) is 2.87. The van der Waals surface area contributed by atoms with Gasteiger partial charge in [0.1, 0.15) is 18.1 Å². The zero-order valence-electron chi connectivity index (χ0n) is 9.62. The van der Waals surface area contributed by atoms with Crippen LogP contribution in [0.15, 0.2) is 40.4 Å². The molecule has 0 aliphatic carbocycles. The summed E-state index contributed by atoms with van der Waals surface area (Å²) in [5, 5.41) is 7.09. The third kappa shape index (κ3) is 1.41. The second-order valence-electron chi connectivity index (χ2n) is 3.97. The van der Waals surface area contributed by atoms with Crippen LogP contribution in [0.1, 0.15) is 18.7 Å². The van der Waals surface area contributed by atoms with Gasteiger partial charge in [0.2, 0.25) is 11.9 Å². The zero-order chi connectivity index (χ0) is 12.7. The summed E-state index contributed by atoms with van der Waals surface area (Å²) in [5.74, 6) is 0.637. The quantitative estimate of drug-likeness (QED) is 0.809. The number of rotatable bonds is 2. The van der Waals surface area contributed by atoms with Crippen LogP contribution in [0, 0.1) is 0 Å². The van der Waals surface area contributed by atoms with Gasteiger partial charge in [0, 0.05) is 5.70 Å². The van der Waals surface area contributed by atoms with Crippen molar-refractivity contribution in [3.8, 4) is 0 Å². The number of nitrogens with zero attached hydrogens (tertiary/aromatic N) is 3. The number of anilines is 1. The predicted octanol–water partition coefficient (Wildman–Crippen LogP) is 0.645. The fraction of sp³-hybridized carbons (Fsp3) is 0.182. The maximum atomic E-state index is 11.6. The molecule has 0 bridgehead atoms. The highest BCUT2D eigenvalue weighted by atomic mass is 16.3. The van der Waals surface area contributed by atoms with Gasteiger partial charge in [-0.2, -0.15) is 10.1 Å². The largest absolute Gasteiger partial charge is 0.467 e. The summed E-state index contributed by atoms with van der Waals surface area (Å²) in [6.07, 6.45) is 2.96. The summed E-state index contributed by atoms with van der Waals surface area (Å²) >= 11 is 0. The Kier molecular flexibility index (Phi) is 2.19. The van der Waals surface area contributed by atoms with Crippen molar-refractivity contribution < 1.29 is 9.21 Å². The van der Waals surface area contributed by atoms with E-state index >= 15 is 0 Å². The van der Waals surface area contributed by atoms with E-state index in [-0.39, 0.29) is 0 Å². The first kappa shape index (κ1) is 10.6. The molecule has 0 fully saturated rings. The second kappa shape index (κ2) is 3.73. The second-order valence-corrected chi connectivity index (χ2v) is 3.97. The zero-order valence-corrected chi connectivity index (χ0v) is 9.62. The van der Waals surface area contributed by atoms with E-state index in [1.807, 2.05) is 0 Å². The number of nitrogens with one attached hydrogen (secondary N) is 1. The number of carbonyl (C=O) groups is 1. The van der Waals surface area contributed by atoms with Crippen LogP contribution in [0.5, 0.6) is 0 Å². The molecule has 3 heterocycles. The summed E-state index contributed by atoms with van der Waals surface area (Å²) in [5.41, 5.74) is 6.52. The Hall–Kier alpha value is -2.57. The van der Waals surface area contributed by atoms with Crippen molar-refractivity contribution in [1.82, 2.24) is 14.8 Å². The van der Waals surface area contributed by atoms with Crippen LogP contribution in [0.25, 0.3) is 0 Å². The lowest BCUT2D eigenvalue weighted by atomic mass is 10.0. The van der Waals surface area contributed by atoms with E-state index < -0.39 is 11.9 Å². The summed E-state index contributed by atoms with van der Waals surface area (Å²) in [4.78, 5) is 15.7. The monoisotopic (exact) mass is 245 g/mol. The molecule has 0 saturated heterocycles. The molecule has 1 aliphatic heterocycles. The van der Waals surface area contributed by atoms with Crippen molar-refractivity contribution in [1.29, 1.82) is 0 Å². The van der Waals surface area contributed by atoms with Crippen LogP contribution in [0.2, 0.25) is 0 Å². The Morgan fingerprint density at radius 3 is 3.11 bits per heavy atom. The molecular weight excluding hydrogens is 234 g/mol. The SMILES string of the molecule is CC1=C(C(N)=O)[C@@H](c2ccco2)n2ncnc2N1. The Morgan fingerprint density at radius 2 is 2.44 bits per heavy atom. The smallest absolute Gasteiger partial charge is 0.249 e. The summed E-state index contributed by atoms with van der Waals surface area (Å²) < 4.78 is 6.94. The fourth-order valence-corrected chi connectivity index (χ4v) is 2.12. The highest BCUT2D eigenvalue weighted by Crippen LogP contribution is 2.34. The number of furan rings is 1. The number of carbonyl (C=O) groups excluding carboxylic acids is 1. The fourth-order valence-electron chi connectivity index (χ4n) is 2.12. The number of primary amides is 1. The Labute approximate surface area is 102 Å². The highest BCUT2D eigenvalue weighted by molar-refractivity contribution is 5.95. The molecule has 1 aliphatic rings. The van der Waals surface area contributed by atoms with Crippen molar-refractivity contribution in [3.63, 3.8) is 0 Å². The topological polar surface area (TPSA) is 99.0 Å². The number of amides is 1. The Morgan fingerprint density at radius 1 is 1.61 bits per heavy atom. The molecule has 0 spiro atoms. The van der Waals surface area contributed by atoms with Crippen LogP contribution in [0.4, 0.5) is 5.95 Å². The first-order valence-electron chi connectivity index (χ1n) is 5.39. The van der Waals surface area contributed by atoms with Crippen LogP contribution < -0.4 is 11.1 Å². The lowest BCUT2D eigenvalue weighted by molar-refractivity contribution is -0.115. The molecule has 0 unspecified atom stereocenters. The maximum Gasteiger partial charge on any atom is 0.249 e. The van der Waals surface area contributed by atoms with Gasteiger partial charge in [0.05, 0.1) is 11.8 Å². The summed E-state index contributed by atoms with van der Waals surface area (Å²) in [6, 6.07) is 3.05. The Bertz CT molecular complexity index is 626. The number of nitrogens with two attached hydrogens (primary N) is 1. The van der Waals surface area contributed by atoms with E-state index in [0.717, 1.165) is 0 Å².